The molecule has 0 aromatic carbocycles. The number of nitrogens with zero attached hydrogens (tertiary/aromatic N) is 2. The molecule has 2 aliphatic heterocycles. The molecule has 5 nitrogen and oxygen atoms in total. The van der Waals surface area contributed by atoms with E-state index >= 15 is 0 Å². The van der Waals surface area contributed by atoms with Gasteiger partial charge in [0.1, 0.15) is 12.6 Å². The van der Waals surface area contributed by atoms with Crippen molar-refractivity contribution in [3.8, 4) is 0 Å². The first-order chi connectivity index (χ1) is 9.68. The van der Waals surface area contributed by atoms with Crippen LogP contribution in [0.5, 0.6) is 0 Å². The molecular formula is C12H17F3N2O3S. The molecule has 0 radical (unpaired) electrons. The van der Waals surface area contributed by atoms with Crippen molar-refractivity contribution < 1.29 is 27.9 Å². The average Bonchev–Trinajstić information content (AvgIpc) is 2.84. The van der Waals surface area contributed by atoms with E-state index in [-0.39, 0.29) is 5.91 Å². The normalized spacial score (nSPS) is 28.9. The maximum absolute atomic E-state index is 12.5. The monoisotopic (exact) mass is 326 g/mol. The lowest BCUT2D eigenvalue weighted by molar-refractivity contribution is -0.165. The largest absolute Gasteiger partial charge is 0.406 e. The van der Waals surface area contributed by atoms with Gasteiger partial charge in [-0.15, -0.1) is 11.8 Å². The molecule has 2 fully saturated rings. The van der Waals surface area contributed by atoms with Crippen LogP contribution in [-0.4, -0.2) is 69.3 Å². The first-order valence-electron chi connectivity index (χ1n) is 6.60. The van der Waals surface area contributed by atoms with Gasteiger partial charge in [0.15, 0.2) is 0 Å². The summed E-state index contributed by atoms with van der Waals surface area (Å²) in [5, 5.41) is 8.87. The van der Waals surface area contributed by atoms with Crippen molar-refractivity contribution in [3.05, 3.63) is 0 Å². The summed E-state index contributed by atoms with van der Waals surface area (Å²) in [5.74, 6) is -0.648. The van der Waals surface area contributed by atoms with Crippen molar-refractivity contribution in [3.63, 3.8) is 0 Å². The Labute approximate surface area is 124 Å². The van der Waals surface area contributed by atoms with Gasteiger partial charge in [0.05, 0.1) is 11.5 Å². The molecule has 1 N–H and O–H groups in total. The van der Waals surface area contributed by atoms with E-state index in [9.17, 15) is 22.8 Å². The molecule has 9 heteroatoms. The molecule has 2 amide bonds. The fourth-order valence-corrected chi connectivity index (χ4v) is 4.24. The highest BCUT2D eigenvalue weighted by molar-refractivity contribution is 8.01. The van der Waals surface area contributed by atoms with E-state index in [2.05, 4.69) is 0 Å². The maximum atomic E-state index is 12.5. The maximum Gasteiger partial charge on any atom is 0.406 e. The van der Waals surface area contributed by atoms with E-state index in [1.54, 1.807) is 0 Å². The number of thioether (sulfide) groups is 1. The van der Waals surface area contributed by atoms with E-state index in [0.717, 1.165) is 0 Å². The summed E-state index contributed by atoms with van der Waals surface area (Å²) in [6.07, 6.45) is -3.62. The lowest BCUT2D eigenvalue weighted by atomic mass is 10.2. The number of alkyl halides is 3. The number of fused-ring (bicyclic) bond motifs is 1. The number of carbonyl (C=O) groups is 2. The van der Waals surface area contributed by atoms with Crippen LogP contribution in [0.1, 0.15) is 19.8 Å². The minimum absolute atomic E-state index is 0.197. The van der Waals surface area contributed by atoms with Crippen LogP contribution in [0.4, 0.5) is 13.2 Å². The Morgan fingerprint density at radius 3 is 2.81 bits per heavy atom. The molecule has 2 unspecified atom stereocenters. The fraction of sp³-hybridized carbons (Fsp3) is 0.833. The van der Waals surface area contributed by atoms with Gasteiger partial charge in [0, 0.05) is 18.7 Å². The first-order valence-corrected chi connectivity index (χ1v) is 7.59. The molecule has 0 aliphatic carbocycles. The Balaban J connectivity index is 2.15. The molecular weight excluding hydrogens is 309 g/mol. The molecule has 0 aromatic heterocycles. The van der Waals surface area contributed by atoms with Crippen molar-refractivity contribution >= 4 is 23.6 Å². The van der Waals surface area contributed by atoms with Gasteiger partial charge >= 0.3 is 6.18 Å². The van der Waals surface area contributed by atoms with Crippen molar-refractivity contribution in [1.82, 2.24) is 9.80 Å². The molecule has 0 bridgehead atoms. The van der Waals surface area contributed by atoms with Crippen molar-refractivity contribution in [2.45, 2.75) is 36.9 Å². The Kier molecular flexibility index (Phi) is 4.44. The van der Waals surface area contributed by atoms with Gasteiger partial charge in [0.25, 0.3) is 0 Å². The number of rotatable bonds is 4. The van der Waals surface area contributed by atoms with Gasteiger partial charge in [-0.1, -0.05) is 0 Å². The zero-order valence-electron chi connectivity index (χ0n) is 11.5. The summed E-state index contributed by atoms with van der Waals surface area (Å²) in [6, 6.07) is -0.871. The SMILES string of the molecule is CC12CCC(=O)N1C(C(=O)N(CCO)CC(F)(F)F)CS2. The van der Waals surface area contributed by atoms with Gasteiger partial charge in [0.2, 0.25) is 11.8 Å². The molecule has 120 valence electrons. The Morgan fingerprint density at radius 1 is 1.57 bits per heavy atom. The highest BCUT2D eigenvalue weighted by Crippen LogP contribution is 2.47. The van der Waals surface area contributed by atoms with Crippen LogP contribution < -0.4 is 0 Å². The molecule has 0 aromatic rings. The predicted molar refractivity (Wildman–Crippen MR) is 70.5 cm³/mol. The first kappa shape index (κ1) is 16.4. The van der Waals surface area contributed by atoms with Crippen LogP contribution in [0.2, 0.25) is 0 Å². The number of halogens is 3. The summed E-state index contributed by atoms with van der Waals surface area (Å²) in [6.45, 7) is -0.520. The van der Waals surface area contributed by atoms with Crippen molar-refractivity contribution in [2.75, 3.05) is 25.4 Å². The van der Waals surface area contributed by atoms with Crippen LogP contribution >= 0.6 is 11.8 Å². The highest BCUT2D eigenvalue weighted by Gasteiger charge is 2.54. The third-order valence-corrected chi connectivity index (χ3v) is 5.29. The molecule has 0 spiro atoms. The van der Waals surface area contributed by atoms with Crippen LogP contribution in [0.25, 0.3) is 0 Å². The van der Waals surface area contributed by atoms with Gasteiger partial charge in [-0.3, -0.25) is 9.59 Å². The summed E-state index contributed by atoms with van der Waals surface area (Å²) in [7, 11) is 0. The van der Waals surface area contributed by atoms with E-state index < -0.39 is 42.7 Å². The fourth-order valence-electron chi connectivity index (χ4n) is 2.82. The van der Waals surface area contributed by atoms with E-state index in [0.29, 0.717) is 23.5 Å². The molecule has 0 saturated carbocycles. The number of aliphatic hydroxyl groups is 1. The molecule has 2 rings (SSSR count). The Bertz CT molecular complexity index is 446. The quantitative estimate of drug-likeness (QED) is 0.831. The van der Waals surface area contributed by atoms with Crippen molar-refractivity contribution in [2.24, 2.45) is 0 Å². The van der Waals surface area contributed by atoms with E-state index in [1.807, 2.05) is 6.92 Å². The number of hydrogen-bond donors (Lipinski definition) is 1. The lowest BCUT2D eigenvalue weighted by Crippen LogP contribution is -2.53. The van der Waals surface area contributed by atoms with Crippen LogP contribution in [0, 0.1) is 0 Å². The number of aliphatic hydroxyl groups excluding tert-OH is 1. The molecule has 2 saturated heterocycles. The number of hydrogen-bond acceptors (Lipinski definition) is 4. The molecule has 2 aliphatic rings. The second-order valence-electron chi connectivity index (χ2n) is 5.36. The van der Waals surface area contributed by atoms with Gasteiger partial charge < -0.3 is 14.9 Å². The molecule has 2 heterocycles. The average molecular weight is 326 g/mol. The topological polar surface area (TPSA) is 60.9 Å². The third kappa shape index (κ3) is 3.28. The Hall–Kier alpha value is -0.960. The van der Waals surface area contributed by atoms with Gasteiger partial charge in [-0.05, 0) is 13.3 Å². The zero-order valence-corrected chi connectivity index (χ0v) is 12.3. The minimum Gasteiger partial charge on any atom is -0.395 e. The second kappa shape index (κ2) is 5.68. The zero-order chi connectivity index (χ0) is 15.8. The highest BCUT2D eigenvalue weighted by atomic mass is 32.2. The van der Waals surface area contributed by atoms with E-state index in [4.69, 9.17) is 5.11 Å². The molecule has 21 heavy (non-hydrogen) atoms. The van der Waals surface area contributed by atoms with Gasteiger partial charge in [-0.2, -0.15) is 13.2 Å². The van der Waals surface area contributed by atoms with Crippen LogP contribution in [0.3, 0.4) is 0 Å². The smallest absolute Gasteiger partial charge is 0.395 e. The van der Waals surface area contributed by atoms with Crippen molar-refractivity contribution in [1.29, 1.82) is 0 Å². The van der Waals surface area contributed by atoms with Crippen LogP contribution in [0.15, 0.2) is 0 Å². The minimum atomic E-state index is -4.53. The second-order valence-corrected chi connectivity index (χ2v) is 6.87. The lowest BCUT2D eigenvalue weighted by Gasteiger charge is -2.33. The number of amides is 2. The number of carbonyl (C=O) groups excluding carboxylic acids is 2. The van der Waals surface area contributed by atoms with E-state index in [1.165, 1.54) is 16.7 Å². The Morgan fingerprint density at radius 2 is 2.24 bits per heavy atom. The summed E-state index contributed by atoms with van der Waals surface area (Å²) < 4.78 is 37.6. The standard InChI is InChI=1S/C12H17F3N2O3S/c1-11-3-2-9(19)17(11)8(6-21-11)10(20)16(4-5-18)7-12(13,14)15/h8,18H,2-7H2,1H3. The summed E-state index contributed by atoms with van der Waals surface area (Å²) in [5.41, 5.74) is 0. The third-order valence-electron chi connectivity index (χ3n) is 3.78. The van der Waals surface area contributed by atoms with Gasteiger partial charge in [-0.25, -0.2) is 0 Å². The molecule has 2 atom stereocenters. The predicted octanol–water partition coefficient (Wildman–Crippen LogP) is 0.824. The van der Waals surface area contributed by atoms with Crippen LogP contribution in [-0.2, 0) is 9.59 Å². The summed E-state index contributed by atoms with van der Waals surface area (Å²) in [4.78, 5) is 25.8. The summed E-state index contributed by atoms with van der Waals surface area (Å²) >= 11 is 1.42.